The average Bonchev–Trinajstić information content (AvgIpc) is 2.51. The second-order valence-corrected chi connectivity index (χ2v) is 4.93. The standard InChI is InChI=1S/C14H19N2O2/c1-10-14(2,3)16(17)13(15(10)4)11-6-8-12(18-5)9-7-11/h6-9,17H,1H2,2-5H3/q+1. The number of rotatable bonds is 2. The minimum absolute atomic E-state index is 0.496. The summed E-state index contributed by atoms with van der Waals surface area (Å²) in [5.74, 6) is 1.52. The van der Waals surface area contributed by atoms with Crippen molar-refractivity contribution in [3.8, 4) is 5.75 Å². The van der Waals surface area contributed by atoms with Crippen molar-refractivity contribution < 1.29 is 14.5 Å². The molecule has 4 nitrogen and oxygen atoms in total. The molecule has 1 aliphatic heterocycles. The van der Waals surface area contributed by atoms with Crippen LogP contribution in [0.3, 0.4) is 0 Å². The molecule has 4 heteroatoms. The Balaban J connectivity index is 2.47. The van der Waals surface area contributed by atoms with Crippen LogP contribution in [0.4, 0.5) is 0 Å². The molecule has 1 N–H and O–H groups in total. The van der Waals surface area contributed by atoms with Crippen molar-refractivity contribution in [2.45, 2.75) is 19.4 Å². The summed E-state index contributed by atoms with van der Waals surface area (Å²) in [6.07, 6.45) is 0. The Kier molecular flexibility index (Phi) is 2.91. The Morgan fingerprint density at radius 2 is 1.83 bits per heavy atom. The van der Waals surface area contributed by atoms with Crippen LogP contribution in [0.25, 0.3) is 0 Å². The Morgan fingerprint density at radius 3 is 2.22 bits per heavy atom. The topological polar surface area (TPSA) is 35.7 Å². The van der Waals surface area contributed by atoms with Crippen LogP contribution in [-0.4, -0.2) is 40.4 Å². The summed E-state index contributed by atoms with van der Waals surface area (Å²) in [5, 5.41) is 11.6. The Hall–Kier alpha value is -1.81. The zero-order valence-corrected chi connectivity index (χ0v) is 11.3. The highest BCUT2D eigenvalue weighted by Crippen LogP contribution is 2.30. The van der Waals surface area contributed by atoms with Gasteiger partial charge in [0.1, 0.15) is 11.4 Å². The highest BCUT2D eigenvalue weighted by molar-refractivity contribution is 5.96. The second kappa shape index (κ2) is 4.14. The van der Waals surface area contributed by atoms with E-state index in [2.05, 4.69) is 6.58 Å². The molecule has 96 valence electrons. The maximum Gasteiger partial charge on any atom is 0.315 e. The smallest absolute Gasteiger partial charge is 0.315 e. The lowest BCUT2D eigenvalue weighted by atomic mass is 10.0. The van der Waals surface area contributed by atoms with E-state index in [1.165, 1.54) is 5.06 Å². The Labute approximate surface area is 107 Å². The summed E-state index contributed by atoms with van der Waals surface area (Å²) in [5.41, 5.74) is 1.28. The molecule has 0 saturated heterocycles. The molecule has 0 atom stereocenters. The Morgan fingerprint density at radius 1 is 1.28 bits per heavy atom. The molecular formula is C14H19N2O2+. The molecule has 18 heavy (non-hydrogen) atoms. The third-order valence-electron chi connectivity index (χ3n) is 3.51. The molecule has 0 aliphatic carbocycles. The molecule has 2 rings (SSSR count). The van der Waals surface area contributed by atoms with Crippen LogP contribution in [-0.2, 0) is 0 Å². The molecule has 1 aromatic rings. The summed E-state index contributed by atoms with van der Waals surface area (Å²) in [7, 11) is 3.53. The van der Waals surface area contributed by atoms with E-state index in [1.807, 2.05) is 49.7 Å². The maximum atomic E-state index is 10.3. The molecule has 1 aliphatic rings. The van der Waals surface area contributed by atoms with Gasteiger partial charge in [-0.25, -0.2) is 9.78 Å². The van der Waals surface area contributed by atoms with Crippen LogP contribution in [0.2, 0.25) is 0 Å². The van der Waals surface area contributed by atoms with Gasteiger partial charge < -0.3 is 4.74 Å². The van der Waals surface area contributed by atoms with E-state index in [4.69, 9.17) is 4.74 Å². The lowest BCUT2D eigenvalue weighted by Crippen LogP contribution is -2.41. The lowest BCUT2D eigenvalue weighted by molar-refractivity contribution is -0.441. The van der Waals surface area contributed by atoms with E-state index < -0.39 is 5.54 Å². The predicted octanol–water partition coefficient (Wildman–Crippen LogP) is 2.08. The van der Waals surface area contributed by atoms with Crippen LogP contribution >= 0.6 is 0 Å². The van der Waals surface area contributed by atoms with Gasteiger partial charge in [0.05, 0.1) is 19.7 Å². The summed E-state index contributed by atoms with van der Waals surface area (Å²) < 4.78 is 7.04. The first-order chi connectivity index (χ1) is 8.39. The van der Waals surface area contributed by atoms with Crippen molar-refractivity contribution in [1.29, 1.82) is 0 Å². The summed E-state index contributed by atoms with van der Waals surface area (Å²) in [6, 6.07) is 7.58. The van der Waals surface area contributed by atoms with Gasteiger partial charge in [0.25, 0.3) is 0 Å². The number of ether oxygens (including phenoxy) is 1. The molecule has 0 bridgehead atoms. The van der Waals surface area contributed by atoms with Crippen molar-refractivity contribution in [3.05, 3.63) is 42.1 Å². The third-order valence-corrected chi connectivity index (χ3v) is 3.51. The van der Waals surface area contributed by atoms with Gasteiger partial charge in [-0.2, -0.15) is 0 Å². The van der Waals surface area contributed by atoms with Gasteiger partial charge in [0.2, 0.25) is 0 Å². The molecule has 0 saturated carbocycles. The summed E-state index contributed by atoms with van der Waals surface area (Å²) >= 11 is 0. The zero-order valence-electron chi connectivity index (χ0n) is 11.3. The minimum Gasteiger partial charge on any atom is -0.497 e. The zero-order chi connectivity index (χ0) is 13.5. The maximum absolute atomic E-state index is 10.3. The van der Waals surface area contributed by atoms with Crippen molar-refractivity contribution in [3.63, 3.8) is 0 Å². The normalized spacial score (nSPS) is 18.5. The number of hydrogen-bond donors (Lipinski definition) is 1. The lowest BCUT2D eigenvalue weighted by Gasteiger charge is -2.19. The molecule has 0 radical (unpaired) electrons. The van der Waals surface area contributed by atoms with Gasteiger partial charge in [0, 0.05) is 0 Å². The van der Waals surface area contributed by atoms with Crippen molar-refractivity contribution >= 4 is 5.84 Å². The first-order valence-electron chi connectivity index (χ1n) is 5.83. The molecule has 1 heterocycles. The van der Waals surface area contributed by atoms with E-state index in [0.717, 1.165) is 22.8 Å². The van der Waals surface area contributed by atoms with Crippen LogP contribution in [0.5, 0.6) is 5.75 Å². The van der Waals surface area contributed by atoms with Crippen molar-refractivity contribution in [2.75, 3.05) is 14.2 Å². The number of methoxy groups -OCH3 is 1. The van der Waals surface area contributed by atoms with Crippen LogP contribution in [0, 0.1) is 0 Å². The van der Waals surface area contributed by atoms with Gasteiger partial charge in [-0.3, -0.25) is 0 Å². The molecular weight excluding hydrogens is 228 g/mol. The molecule has 0 unspecified atom stereocenters. The number of hydrogen-bond acceptors (Lipinski definition) is 3. The molecule has 0 aromatic heterocycles. The number of benzene rings is 1. The van der Waals surface area contributed by atoms with Gasteiger partial charge in [-0.15, -0.1) is 5.06 Å². The average molecular weight is 247 g/mol. The van der Waals surface area contributed by atoms with Crippen molar-refractivity contribution in [1.82, 2.24) is 5.06 Å². The first kappa shape index (κ1) is 12.6. The molecule has 0 fully saturated rings. The van der Waals surface area contributed by atoms with E-state index in [-0.39, 0.29) is 0 Å². The predicted molar refractivity (Wildman–Crippen MR) is 70.1 cm³/mol. The van der Waals surface area contributed by atoms with Crippen molar-refractivity contribution in [2.24, 2.45) is 0 Å². The number of nitrogens with zero attached hydrogens (tertiary/aromatic N) is 2. The second-order valence-electron chi connectivity index (χ2n) is 4.93. The van der Waals surface area contributed by atoms with Crippen LogP contribution in [0.15, 0.2) is 36.5 Å². The summed E-state index contributed by atoms with van der Waals surface area (Å²) in [6.45, 7) is 7.89. The fraction of sp³-hybridized carbons (Fsp3) is 0.357. The van der Waals surface area contributed by atoms with Gasteiger partial charge in [-0.05, 0) is 38.1 Å². The van der Waals surface area contributed by atoms with E-state index >= 15 is 0 Å². The van der Waals surface area contributed by atoms with Gasteiger partial charge in [-0.1, -0.05) is 6.58 Å². The quantitative estimate of drug-likeness (QED) is 0.813. The minimum atomic E-state index is -0.496. The first-order valence-corrected chi connectivity index (χ1v) is 5.83. The monoisotopic (exact) mass is 247 g/mol. The largest absolute Gasteiger partial charge is 0.497 e. The number of likely N-dealkylation sites (N-methyl/N-ethyl adjacent to an activating group) is 1. The highest BCUT2D eigenvalue weighted by atomic mass is 16.5. The third kappa shape index (κ3) is 1.69. The number of amidine groups is 1. The van der Waals surface area contributed by atoms with Gasteiger partial charge >= 0.3 is 5.84 Å². The van der Waals surface area contributed by atoms with Crippen LogP contribution < -0.4 is 4.74 Å². The van der Waals surface area contributed by atoms with E-state index in [9.17, 15) is 5.21 Å². The Bertz CT molecular complexity index is 515. The highest BCUT2D eigenvalue weighted by Gasteiger charge is 2.49. The number of hydroxylamine groups is 2. The fourth-order valence-corrected chi connectivity index (χ4v) is 2.12. The van der Waals surface area contributed by atoms with E-state index in [0.29, 0.717) is 0 Å². The summed E-state index contributed by atoms with van der Waals surface area (Å²) in [4.78, 5) is 0. The van der Waals surface area contributed by atoms with Crippen LogP contribution in [0.1, 0.15) is 19.4 Å². The van der Waals surface area contributed by atoms with Gasteiger partial charge in [0.15, 0.2) is 5.54 Å². The molecule has 0 amide bonds. The van der Waals surface area contributed by atoms with E-state index in [1.54, 1.807) is 7.11 Å². The fourth-order valence-electron chi connectivity index (χ4n) is 2.12. The molecule has 1 aromatic carbocycles. The SMILES string of the molecule is C=C1[N+](C)=C(c2ccc(OC)cc2)N(O)C1(C)C. The molecule has 0 spiro atoms.